The second-order valence-electron chi connectivity index (χ2n) is 4.99. The van der Waals surface area contributed by atoms with Gasteiger partial charge in [-0.3, -0.25) is 14.8 Å². The fourth-order valence-corrected chi connectivity index (χ4v) is 2.28. The lowest BCUT2D eigenvalue weighted by Gasteiger charge is -2.07. The maximum absolute atomic E-state index is 12.3. The predicted molar refractivity (Wildman–Crippen MR) is 94.7 cm³/mol. The average molecular weight is 353 g/mol. The van der Waals surface area contributed by atoms with E-state index in [0.717, 1.165) is 0 Å². The summed E-state index contributed by atoms with van der Waals surface area (Å²) in [5.41, 5.74) is 3.94. The summed E-state index contributed by atoms with van der Waals surface area (Å²) >= 11 is 5.87. The fraction of sp³-hybridized carbons (Fsp3) is 0. The first-order valence-corrected chi connectivity index (χ1v) is 7.72. The van der Waals surface area contributed by atoms with Gasteiger partial charge in [0.25, 0.3) is 5.91 Å². The van der Waals surface area contributed by atoms with E-state index in [-0.39, 0.29) is 11.3 Å². The zero-order valence-electron chi connectivity index (χ0n) is 12.9. The van der Waals surface area contributed by atoms with E-state index in [1.165, 1.54) is 18.2 Å². The zero-order valence-corrected chi connectivity index (χ0v) is 13.7. The first-order valence-electron chi connectivity index (χ1n) is 7.34. The standard InChI is InChI=1S/C18H13ClN4O2/c19-12-7-8-16(24)13(11-12)18(25)23-22-17(14-5-1-3-9-20-14)15-6-2-4-10-21-15/h1-11,24H,(H,23,25). The molecule has 0 aliphatic heterocycles. The SMILES string of the molecule is O=C(NN=C(c1ccccn1)c1ccccn1)c1cc(Cl)ccc1O. The van der Waals surface area contributed by atoms with Crippen LogP contribution < -0.4 is 5.43 Å². The van der Waals surface area contributed by atoms with Crippen molar-refractivity contribution in [2.24, 2.45) is 5.10 Å². The highest BCUT2D eigenvalue weighted by atomic mass is 35.5. The van der Waals surface area contributed by atoms with Gasteiger partial charge < -0.3 is 5.11 Å². The van der Waals surface area contributed by atoms with Crippen LogP contribution in [0.2, 0.25) is 5.02 Å². The smallest absolute Gasteiger partial charge is 0.275 e. The van der Waals surface area contributed by atoms with Gasteiger partial charge in [-0.1, -0.05) is 23.7 Å². The normalized spacial score (nSPS) is 10.1. The van der Waals surface area contributed by atoms with E-state index in [0.29, 0.717) is 22.1 Å². The summed E-state index contributed by atoms with van der Waals surface area (Å²) < 4.78 is 0. The summed E-state index contributed by atoms with van der Waals surface area (Å²) in [6.07, 6.45) is 3.25. The molecule has 0 atom stereocenters. The predicted octanol–water partition coefficient (Wildman–Crippen LogP) is 3.02. The number of carbonyl (C=O) groups is 1. The number of aromatic nitrogens is 2. The first-order chi connectivity index (χ1) is 12.1. The lowest BCUT2D eigenvalue weighted by Crippen LogP contribution is -2.21. The fourth-order valence-electron chi connectivity index (χ4n) is 2.11. The van der Waals surface area contributed by atoms with Gasteiger partial charge in [0, 0.05) is 17.4 Å². The van der Waals surface area contributed by atoms with Gasteiger partial charge >= 0.3 is 0 Å². The second kappa shape index (κ2) is 7.55. The molecule has 0 saturated carbocycles. The molecule has 124 valence electrons. The highest BCUT2D eigenvalue weighted by molar-refractivity contribution is 6.31. The molecule has 0 saturated heterocycles. The summed E-state index contributed by atoms with van der Waals surface area (Å²) in [5, 5.41) is 14.3. The number of benzene rings is 1. The molecule has 0 aliphatic rings. The van der Waals surface area contributed by atoms with Crippen molar-refractivity contribution in [3.05, 3.63) is 89.0 Å². The van der Waals surface area contributed by atoms with Gasteiger partial charge in [0.1, 0.15) is 11.5 Å². The van der Waals surface area contributed by atoms with Crippen molar-refractivity contribution in [2.45, 2.75) is 0 Å². The van der Waals surface area contributed by atoms with Gasteiger partial charge in [-0.05, 0) is 42.5 Å². The Morgan fingerprint density at radius 1 is 1.00 bits per heavy atom. The quantitative estimate of drug-likeness (QED) is 0.558. The summed E-state index contributed by atoms with van der Waals surface area (Å²) in [4.78, 5) is 20.8. The number of amides is 1. The van der Waals surface area contributed by atoms with E-state index in [4.69, 9.17) is 11.6 Å². The Balaban J connectivity index is 1.94. The third-order valence-electron chi connectivity index (χ3n) is 3.29. The molecule has 0 unspecified atom stereocenters. The van der Waals surface area contributed by atoms with E-state index in [9.17, 15) is 9.90 Å². The molecule has 2 heterocycles. The molecule has 1 amide bonds. The van der Waals surface area contributed by atoms with Crippen LogP contribution in [0.4, 0.5) is 0 Å². The van der Waals surface area contributed by atoms with Crippen molar-refractivity contribution >= 4 is 23.2 Å². The number of hydrogen-bond donors (Lipinski definition) is 2. The Kier molecular flexibility index (Phi) is 5.01. The number of nitrogens with one attached hydrogen (secondary N) is 1. The number of pyridine rings is 2. The van der Waals surface area contributed by atoms with Crippen LogP contribution in [-0.2, 0) is 0 Å². The minimum atomic E-state index is -0.593. The van der Waals surface area contributed by atoms with Gasteiger partial charge in [0.2, 0.25) is 0 Å². The van der Waals surface area contributed by atoms with Crippen LogP contribution in [0.15, 0.2) is 72.1 Å². The van der Waals surface area contributed by atoms with Gasteiger partial charge in [-0.15, -0.1) is 0 Å². The van der Waals surface area contributed by atoms with Crippen LogP contribution in [-0.4, -0.2) is 26.7 Å². The molecule has 0 fully saturated rings. The van der Waals surface area contributed by atoms with Crippen LogP contribution in [0.3, 0.4) is 0 Å². The molecular formula is C18H13ClN4O2. The third-order valence-corrected chi connectivity index (χ3v) is 3.52. The van der Waals surface area contributed by atoms with E-state index in [1.807, 2.05) is 12.1 Å². The van der Waals surface area contributed by atoms with Crippen LogP contribution in [0.5, 0.6) is 5.75 Å². The number of hydrogen-bond acceptors (Lipinski definition) is 5. The molecule has 7 heteroatoms. The van der Waals surface area contributed by atoms with Gasteiger partial charge in [-0.2, -0.15) is 5.10 Å². The van der Waals surface area contributed by atoms with Gasteiger partial charge in [0.15, 0.2) is 0 Å². The maximum Gasteiger partial charge on any atom is 0.275 e. The lowest BCUT2D eigenvalue weighted by molar-refractivity contribution is 0.0952. The molecule has 2 aromatic heterocycles. The Labute approximate surface area is 148 Å². The van der Waals surface area contributed by atoms with Crippen molar-refractivity contribution < 1.29 is 9.90 Å². The number of nitrogens with zero attached hydrogens (tertiary/aromatic N) is 3. The number of rotatable bonds is 4. The molecule has 1 aromatic carbocycles. The highest BCUT2D eigenvalue weighted by Gasteiger charge is 2.14. The van der Waals surface area contributed by atoms with E-state index < -0.39 is 5.91 Å². The number of aromatic hydroxyl groups is 1. The van der Waals surface area contributed by atoms with Crippen molar-refractivity contribution in [1.82, 2.24) is 15.4 Å². The molecule has 0 aliphatic carbocycles. The number of carbonyl (C=O) groups excluding carboxylic acids is 1. The van der Waals surface area contributed by atoms with E-state index in [2.05, 4.69) is 20.5 Å². The Morgan fingerprint density at radius 2 is 1.64 bits per heavy atom. The van der Waals surface area contributed by atoms with Crippen LogP contribution in [0.25, 0.3) is 0 Å². The maximum atomic E-state index is 12.3. The minimum Gasteiger partial charge on any atom is -0.507 e. The second-order valence-corrected chi connectivity index (χ2v) is 5.43. The zero-order chi connectivity index (χ0) is 17.6. The third kappa shape index (κ3) is 3.99. The first kappa shape index (κ1) is 16.6. The number of halogens is 1. The van der Waals surface area contributed by atoms with Crippen molar-refractivity contribution in [3.8, 4) is 5.75 Å². The molecule has 3 rings (SSSR count). The average Bonchev–Trinajstić information content (AvgIpc) is 2.65. The van der Waals surface area contributed by atoms with E-state index >= 15 is 0 Å². The van der Waals surface area contributed by atoms with Crippen LogP contribution in [0, 0.1) is 0 Å². The van der Waals surface area contributed by atoms with Gasteiger partial charge in [-0.25, -0.2) is 5.43 Å². The summed E-state index contributed by atoms with van der Waals surface area (Å²) in [6, 6.07) is 14.9. The van der Waals surface area contributed by atoms with E-state index in [1.54, 1.807) is 36.7 Å². The van der Waals surface area contributed by atoms with Crippen molar-refractivity contribution in [3.63, 3.8) is 0 Å². The molecule has 3 aromatic rings. The Morgan fingerprint density at radius 3 is 2.20 bits per heavy atom. The number of phenolic OH excluding ortho intramolecular Hbond substituents is 1. The summed E-state index contributed by atoms with van der Waals surface area (Å²) in [6.45, 7) is 0. The highest BCUT2D eigenvalue weighted by Crippen LogP contribution is 2.21. The summed E-state index contributed by atoms with van der Waals surface area (Å²) in [7, 11) is 0. The van der Waals surface area contributed by atoms with Gasteiger partial charge in [0.05, 0.1) is 17.0 Å². The van der Waals surface area contributed by atoms with Crippen molar-refractivity contribution in [2.75, 3.05) is 0 Å². The Hall–Kier alpha value is -3.25. The molecule has 0 spiro atoms. The molecule has 0 radical (unpaired) electrons. The monoisotopic (exact) mass is 352 g/mol. The topological polar surface area (TPSA) is 87.5 Å². The molecular weight excluding hydrogens is 340 g/mol. The molecule has 2 N–H and O–H groups in total. The van der Waals surface area contributed by atoms with Crippen molar-refractivity contribution in [1.29, 1.82) is 0 Å². The molecule has 0 bridgehead atoms. The molecule has 25 heavy (non-hydrogen) atoms. The number of hydrazone groups is 1. The summed E-state index contributed by atoms with van der Waals surface area (Å²) in [5.74, 6) is -0.779. The molecule has 6 nitrogen and oxygen atoms in total. The van der Waals surface area contributed by atoms with Crippen LogP contribution in [0.1, 0.15) is 21.7 Å². The lowest BCUT2D eigenvalue weighted by atomic mass is 10.1. The largest absolute Gasteiger partial charge is 0.507 e. The van der Waals surface area contributed by atoms with Crippen LogP contribution >= 0.6 is 11.6 Å². The minimum absolute atomic E-state index is 0.0256. The Bertz CT molecular complexity index is 873. The number of phenols is 1.